The predicted octanol–water partition coefficient (Wildman–Crippen LogP) is 10.6. The molecule has 0 unspecified atom stereocenters. The van der Waals surface area contributed by atoms with E-state index in [0.29, 0.717) is 0 Å². The first-order chi connectivity index (χ1) is 28.3. The van der Waals surface area contributed by atoms with Crippen LogP contribution in [0.4, 0.5) is 0 Å². The van der Waals surface area contributed by atoms with Gasteiger partial charge in [0.1, 0.15) is 0 Å². The third-order valence-corrected chi connectivity index (χ3v) is 17.9. The minimum absolute atomic E-state index is 0.740. The van der Waals surface area contributed by atoms with Crippen molar-refractivity contribution in [2.45, 2.75) is 0 Å². The summed E-state index contributed by atoms with van der Waals surface area (Å²) in [6.07, 6.45) is 0. The van der Waals surface area contributed by atoms with Crippen LogP contribution in [0.5, 0.6) is 0 Å². The van der Waals surface area contributed by atoms with Gasteiger partial charge in [0, 0.05) is 58.5 Å². The summed E-state index contributed by atoms with van der Waals surface area (Å²) < 4.78 is 5.05. The van der Waals surface area contributed by atoms with Gasteiger partial charge in [-0.05, 0) is 52.0 Å². The van der Waals surface area contributed by atoms with Crippen LogP contribution < -0.4 is 20.7 Å². The molecule has 0 radical (unpaired) electrons. The first-order valence-corrected chi connectivity index (χ1v) is 22.2. The third kappa shape index (κ3) is 4.70. The number of thiophene rings is 1. The first-order valence-electron chi connectivity index (χ1n) is 19.4. The standard InChI is InChI=1S/C52H33N3SSi/c1-4-16-35(17-5-1)52-53-49(51-50(54-52)41-24-12-15-27-48(41)57(51,37-18-6-2-7-19-37)38-20-8-3-9-21-38)34-28-30-36(31-29-34)55-44-25-13-10-22-39(44)42-32-43-40-23-11-14-26-46(40)56-47(43)33-45(42)55/h1-33H. The minimum atomic E-state index is -2.89. The lowest BCUT2D eigenvalue weighted by atomic mass is 10.1. The molecular formula is C52H33N3SSi. The zero-order chi connectivity index (χ0) is 37.5. The topological polar surface area (TPSA) is 30.7 Å². The van der Waals surface area contributed by atoms with Crippen molar-refractivity contribution in [3.63, 3.8) is 0 Å². The smallest absolute Gasteiger partial charge is 0.185 e. The normalized spacial score (nSPS) is 13.1. The molecule has 0 saturated heterocycles. The summed E-state index contributed by atoms with van der Waals surface area (Å²) >= 11 is 1.87. The molecule has 3 aromatic heterocycles. The van der Waals surface area contributed by atoms with Gasteiger partial charge in [-0.2, -0.15) is 0 Å². The highest BCUT2D eigenvalue weighted by Gasteiger charge is 2.51. The second kappa shape index (κ2) is 12.5. The first kappa shape index (κ1) is 32.3. The van der Waals surface area contributed by atoms with Crippen LogP contribution in [0.1, 0.15) is 0 Å². The molecule has 11 aromatic rings. The maximum absolute atomic E-state index is 5.58. The quantitative estimate of drug-likeness (QED) is 0.164. The molecule has 0 amide bonds. The Hall–Kier alpha value is -6.92. The molecule has 5 heteroatoms. The summed E-state index contributed by atoms with van der Waals surface area (Å²) in [7, 11) is -2.89. The SMILES string of the molecule is c1ccc(-c2nc(-c3ccc(-n4c5ccccc5c5cc6c(cc54)sc4ccccc46)cc3)c3c(n2)-c2ccccc2[Si]3(c2ccccc2)c2ccccc2)cc1. The van der Waals surface area contributed by atoms with Crippen molar-refractivity contribution in [2.24, 2.45) is 0 Å². The molecule has 8 aromatic carbocycles. The van der Waals surface area contributed by atoms with Gasteiger partial charge in [0.2, 0.25) is 0 Å². The highest BCUT2D eigenvalue weighted by molar-refractivity contribution is 7.26. The zero-order valence-electron chi connectivity index (χ0n) is 30.8. The Balaban J connectivity index is 1.12. The van der Waals surface area contributed by atoms with Crippen molar-refractivity contribution in [1.82, 2.24) is 14.5 Å². The maximum atomic E-state index is 5.58. The van der Waals surface area contributed by atoms with E-state index < -0.39 is 8.07 Å². The fourth-order valence-corrected chi connectivity index (χ4v) is 15.8. The van der Waals surface area contributed by atoms with Crippen LogP contribution in [0.2, 0.25) is 0 Å². The number of fused-ring (bicyclic) bond motifs is 9. The van der Waals surface area contributed by atoms with Gasteiger partial charge in [-0.25, -0.2) is 9.97 Å². The van der Waals surface area contributed by atoms with Gasteiger partial charge in [-0.3, -0.25) is 0 Å². The summed E-state index contributed by atoms with van der Waals surface area (Å²) in [4.78, 5) is 11.1. The Kier molecular flexibility index (Phi) is 7.12. The second-order valence-corrected chi connectivity index (χ2v) is 19.7. The van der Waals surface area contributed by atoms with E-state index in [1.165, 1.54) is 68.3 Å². The molecule has 0 spiro atoms. The lowest BCUT2D eigenvalue weighted by molar-refractivity contribution is 1.18. The third-order valence-electron chi connectivity index (χ3n) is 11.9. The largest absolute Gasteiger partial charge is 0.309 e. The average molecular weight is 760 g/mol. The zero-order valence-corrected chi connectivity index (χ0v) is 32.6. The van der Waals surface area contributed by atoms with Crippen molar-refractivity contribution < 1.29 is 0 Å². The Morgan fingerprint density at radius 1 is 0.421 bits per heavy atom. The van der Waals surface area contributed by atoms with Gasteiger partial charge in [0.15, 0.2) is 13.9 Å². The van der Waals surface area contributed by atoms with E-state index in [4.69, 9.17) is 9.97 Å². The van der Waals surface area contributed by atoms with E-state index in [2.05, 4.69) is 205 Å². The molecule has 57 heavy (non-hydrogen) atoms. The number of rotatable bonds is 5. The number of hydrogen-bond donors (Lipinski definition) is 0. The lowest BCUT2D eigenvalue weighted by Crippen LogP contribution is -2.73. The van der Waals surface area contributed by atoms with Crippen LogP contribution in [0.15, 0.2) is 200 Å². The fourth-order valence-electron chi connectivity index (χ4n) is 9.46. The molecule has 1 aliphatic rings. The van der Waals surface area contributed by atoms with Gasteiger partial charge in [0.05, 0.1) is 22.4 Å². The van der Waals surface area contributed by atoms with Crippen molar-refractivity contribution in [3.05, 3.63) is 200 Å². The summed E-state index contributed by atoms with van der Waals surface area (Å²) in [5.74, 6) is 0.740. The number of para-hydroxylation sites is 1. The van der Waals surface area contributed by atoms with Crippen molar-refractivity contribution >= 4 is 82.1 Å². The number of hydrogen-bond acceptors (Lipinski definition) is 3. The number of aromatic nitrogens is 3. The Morgan fingerprint density at radius 3 is 1.79 bits per heavy atom. The Labute approximate surface area is 334 Å². The molecule has 12 rings (SSSR count). The summed E-state index contributed by atoms with van der Waals surface area (Å²) in [5, 5.41) is 10.4. The highest BCUT2D eigenvalue weighted by Crippen LogP contribution is 2.41. The monoisotopic (exact) mass is 759 g/mol. The van der Waals surface area contributed by atoms with Crippen LogP contribution in [0, 0.1) is 0 Å². The van der Waals surface area contributed by atoms with Crippen LogP contribution in [0.3, 0.4) is 0 Å². The van der Waals surface area contributed by atoms with Crippen molar-refractivity contribution in [2.75, 3.05) is 0 Å². The van der Waals surface area contributed by atoms with Crippen LogP contribution in [-0.4, -0.2) is 22.6 Å². The van der Waals surface area contributed by atoms with E-state index >= 15 is 0 Å². The number of benzene rings is 8. The van der Waals surface area contributed by atoms with E-state index in [0.717, 1.165) is 34.0 Å². The average Bonchev–Trinajstić information content (AvgIpc) is 3.92. The Bertz CT molecular complexity index is 3300. The predicted molar refractivity (Wildman–Crippen MR) is 243 cm³/mol. The molecule has 266 valence electrons. The highest BCUT2D eigenvalue weighted by atomic mass is 32.1. The molecule has 1 aliphatic heterocycles. The molecule has 0 bridgehead atoms. The lowest BCUT2D eigenvalue weighted by Gasteiger charge is -2.32. The maximum Gasteiger partial charge on any atom is 0.185 e. The van der Waals surface area contributed by atoms with E-state index in [1.54, 1.807) is 0 Å². The second-order valence-electron chi connectivity index (χ2n) is 14.9. The van der Waals surface area contributed by atoms with Gasteiger partial charge in [-0.15, -0.1) is 11.3 Å². The van der Waals surface area contributed by atoms with Crippen LogP contribution in [0.25, 0.3) is 81.6 Å². The molecule has 0 aliphatic carbocycles. The van der Waals surface area contributed by atoms with Crippen LogP contribution in [-0.2, 0) is 0 Å². The van der Waals surface area contributed by atoms with Crippen molar-refractivity contribution in [1.29, 1.82) is 0 Å². The minimum Gasteiger partial charge on any atom is -0.309 e. The molecule has 4 heterocycles. The van der Waals surface area contributed by atoms with Gasteiger partial charge in [-0.1, -0.05) is 164 Å². The summed E-state index contributed by atoms with van der Waals surface area (Å²) in [5.41, 5.74) is 8.85. The van der Waals surface area contributed by atoms with E-state index in [9.17, 15) is 0 Å². The molecule has 0 fully saturated rings. The van der Waals surface area contributed by atoms with E-state index in [-0.39, 0.29) is 0 Å². The summed E-state index contributed by atoms with van der Waals surface area (Å²) in [6.45, 7) is 0. The van der Waals surface area contributed by atoms with Gasteiger partial charge >= 0.3 is 0 Å². The molecule has 3 nitrogen and oxygen atoms in total. The number of nitrogens with zero attached hydrogens (tertiary/aromatic N) is 3. The Morgan fingerprint density at radius 2 is 1.04 bits per heavy atom. The van der Waals surface area contributed by atoms with E-state index in [1.807, 2.05) is 11.3 Å². The fraction of sp³-hybridized carbons (Fsp3) is 0. The van der Waals surface area contributed by atoms with Gasteiger partial charge in [0.25, 0.3) is 0 Å². The summed E-state index contributed by atoms with van der Waals surface area (Å²) in [6, 6.07) is 73.1. The van der Waals surface area contributed by atoms with Crippen molar-refractivity contribution in [3.8, 4) is 39.6 Å². The molecular weight excluding hydrogens is 727 g/mol. The molecule has 0 saturated carbocycles. The van der Waals surface area contributed by atoms with Gasteiger partial charge < -0.3 is 4.57 Å². The van der Waals surface area contributed by atoms with Crippen LogP contribution >= 0.6 is 11.3 Å². The molecule has 0 atom stereocenters. The molecule has 0 N–H and O–H groups in total.